The van der Waals surface area contributed by atoms with Gasteiger partial charge in [-0.15, -0.1) is 0 Å². The normalized spacial score (nSPS) is 10.2. The maximum atomic E-state index is 4.08. The van der Waals surface area contributed by atoms with Crippen molar-refractivity contribution in [3.63, 3.8) is 0 Å². The van der Waals surface area contributed by atoms with Gasteiger partial charge in [0.05, 0.1) is 4.70 Å². The van der Waals surface area contributed by atoms with Gasteiger partial charge in [0.2, 0.25) is 0 Å². The van der Waals surface area contributed by atoms with Crippen LogP contribution in [0, 0.1) is 0 Å². The van der Waals surface area contributed by atoms with E-state index in [9.17, 15) is 0 Å². The van der Waals surface area contributed by atoms with E-state index < -0.39 is 0 Å². The molecule has 0 aliphatic heterocycles. The second kappa shape index (κ2) is 2.47. The molecule has 0 unspecified atom stereocenters. The lowest BCUT2D eigenvalue weighted by molar-refractivity contribution is 1.60. The summed E-state index contributed by atoms with van der Waals surface area (Å²) in [5, 5.41) is 1.21. The number of nitrogens with zero attached hydrogens (tertiary/aromatic N) is 1. The van der Waals surface area contributed by atoms with Gasteiger partial charge in [0, 0.05) is 11.6 Å². The molecule has 0 aliphatic rings. The third kappa shape index (κ3) is 1.05. The van der Waals surface area contributed by atoms with Gasteiger partial charge in [0.25, 0.3) is 0 Å². The van der Waals surface area contributed by atoms with Crippen LogP contribution in [0.25, 0.3) is 16.2 Å². The summed E-state index contributed by atoms with van der Waals surface area (Å²) in [6, 6.07) is 6.21. The summed E-state index contributed by atoms with van der Waals surface area (Å²) in [6.07, 6.45) is 3.73. The Kier molecular flexibility index (Phi) is 1.47. The second-order valence-electron chi connectivity index (χ2n) is 2.33. The minimum absolute atomic E-state index is 1.15. The van der Waals surface area contributed by atoms with E-state index in [1.54, 1.807) is 0 Å². The molecular weight excluding hydrogens is 154 g/mol. The number of aromatic nitrogens is 1. The molecule has 1 aromatic heterocycles. The Balaban J connectivity index is 2.76. The SMILES string of the molecule is C=Cc1ccc2cnsc2c1. The van der Waals surface area contributed by atoms with Crippen molar-refractivity contribution < 1.29 is 0 Å². The average molecular weight is 161 g/mol. The highest BCUT2D eigenvalue weighted by Gasteiger charge is 1.94. The molecule has 1 nitrogen and oxygen atoms in total. The predicted molar refractivity (Wildman–Crippen MR) is 49.7 cm³/mol. The van der Waals surface area contributed by atoms with E-state index in [1.807, 2.05) is 18.3 Å². The number of rotatable bonds is 1. The minimum atomic E-state index is 1.15. The van der Waals surface area contributed by atoms with Crippen LogP contribution in [0.3, 0.4) is 0 Å². The summed E-state index contributed by atoms with van der Waals surface area (Å²) in [5.41, 5.74) is 1.15. The first-order valence-electron chi connectivity index (χ1n) is 3.37. The zero-order chi connectivity index (χ0) is 7.68. The van der Waals surface area contributed by atoms with Crippen LogP contribution in [0.5, 0.6) is 0 Å². The first-order valence-corrected chi connectivity index (χ1v) is 4.14. The quantitative estimate of drug-likeness (QED) is 0.626. The Morgan fingerprint density at radius 3 is 3.18 bits per heavy atom. The summed E-state index contributed by atoms with van der Waals surface area (Å²) in [6.45, 7) is 3.71. The molecule has 2 heteroatoms. The van der Waals surface area contributed by atoms with E-state index in [4.69, 9.17) is 0 Å². The van der Waals surface area contributed by atoms with Crippen LogP contribution in [0.1, 0.15) is 5.56 Å². The average Bonchev–Trinajstić information content (AvgIpc) is 2.50. The van der Waals surface area contributed by atoms with E-state index >= 15 is 0 Å². The summed E-state index contributed by atoms with van der Waals surface area (Å²) in [4.78, 5) is 0. The van der Waals surface area contributed by atoms with Crippen LogP contribution >= 0.6 is 11.5 Å². The molecule has 0 amide bonds. The van der Waals surface area contributed by atoms with Gasteiger partial charge in [-0.1, -0.05) is 24.8 Å². The van der Waals surface area contributed by atoms with E-state index in [2.05, 4.69) is 23.1 Å². The van der Waals surface area contributed by atoms with Crippen molar-refractivity contribution in [2.45, 2.75) is 0 Å². The van der Waals surface area contributed by atoms with E-state index in [-0.39, 0.29) is 0 Å². The summed E-state index contributed by atoms with van der Waals surface area (Å²) < 4.78 is 5.31. The molecule has 0 N–H and O–H groups in total. The van der Waals surface area contributed by atoms with Gasteiger partial charge in [0.1, 0.15) is 0 Å². The lowest BCUT2D eigenvalue weighted by Crippen LogP contribution is -1.67. The molecule has 0 atom stereocenters. The fourth-order valence-corrected chi connectivity index (χ4v) is 1.70. The fraction of sp³-hybridized carbons (Fsp3) is 0. The molecule has 0 saturated heterocycles. The Labute approximate surface area is 69.2 Å². The second-order valence-corrected chi connectivity index (χ2v) is 3.16. The summed E-state index contributed by atoms with van der Waals surface area (Å²) in [7, 11) is 0. The third-order valence-electron chi connectivity index (χ3n) is 1.62. The Hall–Kier alpha value is -1.15. The van der Waals surface area contributed by atoms with Crippen LogP contribution in [-0.4, -0.2) is 4.37 Å². The van der Waals surface area contributed by atoms with Crippen molar-refractivity contribution in [3.05, 3.63) is 36.5 Å². The molecule has 2 aromatic rings. The standard InChI is InChI=1S/C9H7NS/c1-2-7-3-4-8-6-10-11-9(8)5-7/h2-6H,1H2. The van der Waals surface area contributed by atoms with Gasteiger partial charge in [-0.25, -0.2) is 0 Å². The molecular formula is C9H7NS. The van der Waals surface area contributed by atoms with Crippen LogP contribution in [0.15, 0.2) is 31.0 Å². The van der Waals surface area contributed by atoms with Crippen molar-refractivity contribution in [2.75, 3.05) is 0 Å². The first kappa shape index (κ1) is 6.55. The monoisotopic (exact) mass is 161 g/mol. The zero-order valence-corrected chi connectivity index (χ0v) is 6.77. The zero-order valence-electron chi connectivity index (χ0n) is 5.95. The molecule has 0 saturated carbocycles. The van der Waals surface area contributed by atoms with Crippen LogP contribution in [-0.2, 0) is 0 Å². The molecule has 2 rings (SSSR count). The van der Waals surface area contributed by atoms with Crippen molar-refractivity contribution in [3.8, 4) is 0 Å². The van der Waals surface area contributed by atoms with Crippen molar-refractivity contribution in [1.29, 1.82) is 0 Å². The van der Waals surface area contributed by atoms with Gasteiger partial charge in [-0.2, -0.15) is 4.37 Å². The molecule has 0 fully saturated rings. The van der Waals surface area contributed by atoms with Gasteiger partial charge < -0.3 is 0 Å². The minimum Gasteiger partial charge on any atom is -0.200 e. The Morgan fingerprint density at radius 2 is 2.36 bits per heavy atom. The topological polar surface area (TPSA) is 12.9 Å². The third-order valence-corrected chi connectivity index (χ3v) is 2.38. The lowest BCUT2D eigenvalue weighted by atomic mass is 10.2. The van der Waals surface area contributed by atoms with Crippen LogP contribution in [0.4, 0.5) is 0 Å². The number of fused-ring (bicyclic) bond motifs is 1. The summed E-state index contributed by atoms with van der Waals surface area (Å²) in [5.74, 6) is 0. The van der Waals surface area contributed by atoms with Gasteiger partial charge in [-0.3, -0.25) is 0 Å². The molecule has 0 spiro atoms. The van der Waals surface area contributed by atoms with Crippen molar-refractivity contribution in [2.24, 2.45) is 0 Å². The van der Waals surface area contributed by atoms with Gasteiger partial charge >= 0.3 is 0 Å². The van der Waals surface area contributed by atoms with Crippen LogP contribution in [0.2, 0.25) is 0 Å². The molecule has 0 bridgehead atoms. The molecule has 54 valence electrons. The van der Waals surface area contributed by atoms with Crippen molar-refractivity contribution in [1.82, 2.24) is 4.37 Å². The molecule has 1 aromatic carbocycles. The molecule has 0 aliphatic carbocycles. The van der Waals surface area contributed by atoms with Gasteiger partial charge in [-0.05, 0) is 23.2 Å². The summed E-state index contributed by atoms with van der Waals surface area (Å²) >= 11 is 1.52. The Bertz CT molecular complexity index is 389. The maximum absolute atomic E-state index is 4.08. The number of hydrogen-bond acceptors (Lipinski definition) is 2. The van der Waals surface area contributed by atoms with E-state index in [0.717, 1.165) is 5.56 Å². The Morgan fingerprint density at radius 1 is 1.45 bits per heavy atom. The van der Waals surface area contributed by atoms with E-state index in [0.29, 0.717) is 0 Å². The number of benzene rings is 1. The maximum Gasteiger partial charge on any atom is 0.0555 e. The van der Waals surface area contributed by atoms with Gasteiger partial charge in [0.15, 0.2) is 0 Å². The highest BCUT2D eigenvalue weighted by Crippen LogP contribution is 2.19. The largest absolute Gasteiger partial charge is 0.200 e. The van der Waals surface area contributed by atoms with Crippen LogP contribution < -0.4 is 0 Å². The lowest BCUT2D eigenvalue weighted by Gasteiger charge is -1.90. The number of hydrogen-bond donors (Lipinski definition) is 0. The fourth-order valence-electron chi connectivity index (χ4n) is 1.00. The first-order chi connectivity index (χ1) is 5.40. The predicted octanol–water partition coefficient (Wildman–Crippen LogP) is 2.94. The molecule has 0 radical (unpaired) electrons. The highest BCUT2D eigenvalue weighted by molar-refractivity contribution is 7.13. The molecule has 11 heavy (non-hydrogen) atoms. The highest BCUT2D eigenvalue weighted by atomic mass is 32.1. The smallest absolute Gasteiger partial charge is 0.0555 e. The van der Waals surface area contributed by atoms with Crippen molar-refractivity contribution >= 4 is 27.7 Å². The molecule has 1 heterocycles. The van der Waals surface area contributed by atoms with E-state index in [1.165, 1.54) is 21.6 Å².